The van der Waals surface area contributed by atoms with Gasteiger partial charge in [0.2, 0.25) is 0 Å². The summed E-state index contributed by atoms with van der Waals surface area (Å²) in [5, 5.41) is 0. The molecule has 80 valence electrons. The highest BCUT2D eigenvalue weighted by molar-refractivity contribution is 5.94. The number of hydrogen-bond donors (Lipinski definition) is 0. The van der Waals surface area contributed by atoms with E-state index in [1.807, 2.05) is 0 Å². The Morgan fingerprint density at radius 2 is 1.73 bits per heavy atom. The zero-order chi connectivity index (χ0) is 11.0. The molecule has 0 aromatic heterocycles. The van der Waals surface area contributed by atoms with Crippen molar-refractivity contribution in [3.05, 3.63) is 33.9 Å². The minimum atomic E-state index is 0.233. The van der Waals surface area contributed by atoms with Crippen molar-refractivity contribution in [2.45, 2.75) is 46.5 Å². The first kappa shape index (κ1) is 10.4. The topological polar surface area (TPSA) is 17.1 Å². The Kier molecular flexibility index (Phi) is 2.64. The van der Waals surface area contributed by atoms with Crippen LogP contribution >= 0.6 is 0 Å². The van der Waals surface area contributed by atoms with E-state index in [-0.39, 0.29) is 5.78 Å². The molecule has 2 rings (SSSR count). The molecule has 0 aliphatic heterocycles. The highest BCUT2D eigenvalue weighted by atomic mass is 16.1. The molecule has 0 bridgehead atoms. The Morgan fingerprint density at radius 3 is 2.40 bits per heavy atom. The van der Waals surface area contributed by atoms with Gasteiger partial charge in [0, 0.05) is 0 Å². The average Bonchev–Trinajstić information content (AvgIpc) is 2.43. The molecule has 0 heterocycles. The van der Waals surface area contributed by atoms with E-state index in [9.17, 15) is 4.79 Å². The fraction of sp³-hybridized carbons (Fsp3) is 0.500. The first-order valence-corrected chi connectivity index (χ1v) is 5.70. The van der Waals surface area contributed by atoms with Crippen LogP contribution in [0.4, 0.5) is 0 Å². The van der Waals surface area contributed by atoms with Gasteiger partial charge in [-0.05, 0) is 69.2 Å². The number of carbonyl (C=O) groups is 1. The molecule has 0 aromatic rings. The maximum absolute atomic E-state index is 11.4. The smallest absolute Gasteiger partial charge is 0.155 e. The molecule has 0 N–H and O–H groups in total. The Balaban J connectivity index is 2.48. The second-order valence-corrected chi connectivity index (χ2v) is 4.68. The number of hydrogen-bond acceptors (Lipinski definition) is 1. The second kappa shape index (κ2) is 3.80. The van der Waals surface area contributed by atoms with E-state index in [4.69, 9.17) is 0 Å². The summed E-state index contributed by atoms with van der Waals surface area (Å²) in [5.41, 5.74) is 6.79. The summed E-state index contributed by atoms with van der Waals surface area (Å²) >= 11 is 0. The molecule has 0 saturated carbocycles. The molecule has 0 fully saturated rings. The fourth-order valence-electron chi connectivity index (χ4n) is 2.49. The number of rotatable bonds is 1. The summed E-state index contributed by atoms with van der Waals surface area (Å²) in [6.45, 7) is 6.08. The number of Topliss-reactive ketones (excluding diaryl/α,β-unsaturated/α-hetero) is 1. The van der Waals surface area contributed by atoms with Crippen LogP contribution in [0.3, 0.4) is 0 Å². The molecule has 0 saturated heterocycles. The number of allylic oxidation sites excluding steroid dienone is 6. The highest BCUT2D eigenvalue weighted by Crippen LogP contribution is 2.38. The normalized spacial score (nSPS) is 21.4. The zero-order valence-electron chi connectivity index (χ0n) is 9.81. The average molecular weight is 202 g/mol. The lowest BCUT2D eigenvalue weighted by Gasteiger charge is -2.03. The summed E-state index contributed by atoms with van der Waals surface area (Å²) in [4.78, 5) is 11.4. The third-order valence-electron chi connectivity index (χ3n) is 3.59. The highest BCUT2D eigenvalue weighted by Gasteiger charge is 2.21. The van der Waals surface area contributed by atoms with Crippen molar-refractivity contribution in [3.63, 3.8) is 0 Å². The van der Waals surface area contributed by atoms with Gasteiger partial charge in [-0.3, -0.25) is 4.79 Å². The Bertz CT molecular complexity index is 405. The summed E-state index contributed by atoms with van der Waals surface area (Å²) in [5.74, 6) is 0.233. The van der Waals surface area contributed by atoms with Crippen LogP contribution in [0.15, 0.2) is 33.9 Å². The van der Waals surface area contributed by atoms with Gasteiger partial charge in [-0.25, -0.2) is 0 Å². The second-order valence-electron chi connectivity index (χ2n) is 4.68. The number of ketones is 1. The lowest BCUT2D eigenvalue weighted by Crippen LogP contribution is -1.96. The van der Waals surface area contributed by atoms with Gasteiger partial charge >= 0.3 is 0 Å². The van der Waals surface area contributed by atoms with Gasteiger partial charge in [0.05, 0.1) is 0 Å². The summed E-state index contributed by atoms with van der Waals surface area (Å²) in [7, 11) is 0. The SMILES string of the molecule is CC(=O)C1=CC2=C(C)CCC2=C(C)CC1. The minimum Gasteiger partial charge on any atom is -0.295 e. The maximum atomic E-state index is 11.4. The zero-order valence-corrected chi connectivity index (χ0v) is 9.81. The maximum Gasteiger partial charge on any atom is 0.155 e. The fourth-order valence-corrected chi connectivity index (χ4v) is 2.49. The predicted molar refractivity (Wildman–Crippen MR) is 62.6 cm³/mol. The number of carbonyl (C=O) groups excluding carboxylic acids is 1. The monoisotopic (exact) mass is 202 g/mol. The van der Waals surface area contributed by atoms with Crippen LogP contribution in [0.25, 0.3) is 0 Å². The molecular formula is C14H18O. The molecule has 0 amide bonds. The van der Waals surface area contributed by atoms with Gasteiger partial charge in [0.25, 0.3) is 0 Å². The third kappa shape index (κ3) is 1.83. The van der Waals surface area contributed by atoms with Crippen molar-refractivity contribution >= 4 is 5.78 Å². The summed E-state index contributed by atoms with van der Waals surface area (Å²) in [6, 6.07) is 0. The Morgan fingerprint density at radius 1 is 1.07 bits per heavy atom. The van der Waals surface area contributed by atoms with Crippen LogP contribution in [0, 0.1) is 0 Å². The van der Waals surface area contributed by atoms with Crippen LogP contribution < -0.4 is 0 Å². The molecule has 0 atom stereocenters. The van der Waals surface area contributed by atoms with E-state index < -0.39 is 0 Å². The van der Waals surface area contributed by atoms with Crippen molar-refractivity contribution in [1.82, 2.24) is 0 Å². The van der Waals surface area contributed by atoms with E-state index in [2.05, 4.69) is 19.9 Å². The standard InChI is InChI=1S/C14H18O/c1-9-4-6-12(11(3)15)8-14-10(2)5-7-13(9)14/h8H,4-7H2,1-3H3. The quantitative estimate of drug-likeness (QED) is 0.633. The largest absolute Gasteiger partial charge is 0.295 e. The van der Waals surface area contributed by atoms with Gasteiger partial charge in [-0.2, -0.15) is 0 Å². The van der Waals surface area contributed by atoms with E-state index in [0.29, 0.717) is 0 Å². The van der Waals surface area contributed by atoms with Crippen molar-refractivity contribution < 1.29 is 4.79 Å². The van der Waals surface area contributed by atoms with Crippen molar-refractivity contribution in [3.8, 4) is 0 Å². The van der Waals surface area contributed by atoms with Crippen LogP contribution in [0.2, 0.25) is 0 Å². The summed E-state index contributed by atoms with van der Waals surface area (Å²) < 4.78 is 0. The molecule has 2 aliphatic rings. The van der Waals surface area contributed by atoms with Gasteiger partial charge in [0.15, 0.2) is 5.78 Å². The molecule has 0 aromatic carbocycles. The Labute approximate surface area is 91.6 Å². The summed E-state index contributed by atoms with van der Waals surface area (Å²) in [6.07, 6.45) is 6.45. The van der Waals surface area contributed by atoms with Crippen molar-refractivity contribution in [2.75, 3.05) is 0 Å². The molecular weight excluding hydrogens is 184 g/mol. The Hall–Kier alpha value is -1.11. The molecule has 1 heteroatoms. The van der Waals surface area contributed by atoms with Crippen LogP contribution in [0.5, 0.6) is 0 Å². The van der Waals surface area contributed by atoms with Gasteiger partial charge in [-0.15, -0.1) is 0 Å². The van der Waals surface area contributed by atoms with E-state index in [1.165, 1.54) is 35.1 Å². The first-order chi connectivity index (χ1) is 7.09. The van der Waals surface area contributed by atoms with Crippen molar-refractivity contribution in [2.24, 2.45) is 0 Å². The van der Waals surface area contributed by atoms with Gasteiger partial charge < -0.3 is 0 Å². The van der Waals surface area contributed by atoms with Crippen LogP contribution in [-0.4, -0.2) is 5.78 Å². The molecule has 0 radical (unpaired) electrons. The lowest BCUT2D eigenvalue weighted by molar-refractivity contribution is -0.113. The molecule has 0 unspecified atom stereocenters. The molecule has 1 nitrogen and oxygen atoms in total. The predicted octanol–water partition coefficient (Wildman–Crippen LogP) is 3.72. The van der Waals surface area contributed by atoms with Crippen LogP contribution in [0.1, 0.15) is 46.5 Å². The van der Waals surface area contributed by atoms with Gasteiger partial charge in [-0.1, -0.05) is 11.1 Å². The lowest BCUT2D eigenvalue weighted by atomic mass is 10.0. The first-order valence-electron chi connectivity index (χ1n) is 5.70. The van der Waals surface area contributed by atoms with Gasteiger partial charge in [0.1, 0.15) is 0 Å². The molecule has 2 aliphatic carbocycles. The molecule has 0 spiro atoms. The third-order valence-corrected chi connectivity index (χ3v) is 3.59. The van der Waals surface area contributed by atoms with E-state index >= 15 is 0 Å². The minimum absolute atomic E-state index is 0.233. The van der Waals surface area contributed by atoms with Crippen LogP contribution in [-0.2, 0) is 4.79 Å². The van der Waals surface area contributed by atoms with E-state index in [0.717, 1.165) is 18.4 Å². The van der Waals surface area contributed by atoms with E-state index in [1.54, 1.807) is 6.92 Å². The number of fused-ring (bicyclic) bond motifs is 1. The molecule has 15 heavy (non-hydrogen) atoms. The van der Waals surface area contributed by atoms with Crippen molar-refractivity contribution in [1.29, 1.82) is 0 Å².